The molecule has 0 spiro atoms. The highest BCUT2D eigenvalue weighted by Gasteiger charge is 2.60. The van der Waals surface area contributed by atoms with Gasteiger partial charge in [-0.1, -0.05) is 37.6 Å². The van der Waals surface area contributed by atoms with Crippen molar-refractivity contribution < 1.29 is 9.59 Å². The van der Waals surface area contributed by atoms with E-state index in [-0.39, 0.29) is 29.6 Å². The second kappa shape index (κ2) is 5.95. The molecule has 2 rings (SSSR count). The average Bonchev–Trinajstić information content (AvgIpc) is 2.91. The topological polar surface area (TPSA) is 72.2 Å². The van der Waals surface area contributed by atoms with Crippen LogP contribution in [0.5, 0.6) is 0 Å². The molecule has 2 atom stereocenters. The van der Waals surface area contributed by atoms with E-state index < -0.39 is 0 Å². The first kappa shape index (κ1) is 16.3. The number of nitrogens with one attached hydrogen (secondary N) is 1. The fraction of sp³-hybridized carbons (Fsp3) is 0.444. The fourth-order valence-corrected chi connectivity index (χ4v) is 2.98. The molecule has 4 nitrogen and oxygen atoms in total. The van der Waals surface area contributed by atoms with Crippen LogP contribution < -0.4 is 11.1 Å². The first-order valence-corrected chi connectivity index (χ1v) is 7.55. The number of anilines is 1. The van der Waals surface area contributed by atoms with Gasteiger partial charge in [0.2, 0.25) is 11.8 Å². The van der Waals surface area contributed by atoms with Gasteiger partial charge in [-0.3, -0.25) is 9.59 Å². The van der Waals surface area contributed by atoms with E-state index in [9.17, 15) is 9.59 Å². The highest BCUT2D eigenvalue weighted by Crippen LogP contribution is 2.59. The van der Waals surface area contributed by atoms with E-state index >= 15 is 0 Å². The van der Waals surface area contributed by atoms with Crippen LogP contribution in [0.4, 0.5) is 5.69 Å². The number of hydrogen-bond donors (Lipinski definition) is 2. The largest absolute Gasteiger partial charge is 0.369 e. The molecule has 1 aromatic rings. The zero-order chi connectivity index (χ0) is 16.5. The van der Waals surface area contributed by atoms with Crippen molar-refractivity contribution in [1.82, 2.24) is 0 Å². The summed E-state index contributed by atoms with van der Waals surface area (Å²) in [7, 11) is 0. The van der Waals surface area contributed by atoms with E-state index in [0.29, 0.717) is 5.92 Å². The number of allylic oxidation sites excluding steroid dienone is 2. The second-order valence-electron chi connectivity index (χ2n) is 6.90. The molecule has 1 fully saturated rings. The number of carbonyl (C=O) groups excluding carboxylic acids is 2. The monoisotopic (exact) mass is 300 g/mol. The van der Waals surface area contributed by atoms with Crippen LogP contribution >= 0.6 is 0 Å². The van der Waals surface area contributed by atoms with Crippen LogP contribution in [0, 0.1) is 17.3 Å². The molecule has 1 aliphatic carbocycles. The minimum Gasteiger partial charge on any atom is -0.369 e. The van der Waals surface area contributed by atoms with Gasteiger partial charge in [-0.2, -0.15) is 0 Å². The molecule has 1 saturated carbocycles. The van der Waals surface area contributed by atoms with Gasteiger partial charge >= 0.3 is 0 Å². The minimum absolute atomic E-state index is 0.00713. The number of benzene rings is 1. The van der Waals surface area contributed by atoms with Crippen LogP contribution in [0.3, 0.4) is 0 Å². The third-order valence-corrected chi connectivity index (χ3v) is 4.31. The van der Waals surface area contributed by atoms with E-state index in [1.165, 1.54) is 5.57 Å². The summed E-state index contributed by atoms with van der Waals surface area (Å²) in [5, 5.41) is 2.96. The number of primary amides is 1. The Balaban J connectivity index is 2.01. The maximum atomic E-state index is 12.4. The molecular weight excluding hydrogens is 276 g/mol. The van der Waals surface area contributed by atoms with Gasteiger partial charge in [0.1, 0.15) is 0 Å². The zero-order valence-corrected chi connectivity index (χ0v) is 13.6. The van der Waals surface area contributed by atoms with Crippen LogP contribution in [0.15, 0.2) is 35.9 Å². The Hall–Kier alpha value is -2.10. The molecule has 1 aliphatic rings. The molecule has 2 amide bonds. The van der Waals surface area contributed by atoms with Gasteiger partial charge in [0.25, 0.3) is 0 Å². The van der Waals surface area contributed by atoms with Crippen molar-refractivity contribution in [1.29, 1.82) is 0 Å². The maximum Gasteiger partial charge on any atom is 0.228 e. The van der Waals surface area contributed by atoms with Crippen molar-refractivity contribution in [3.05, 3.63) is 41.5 Å². The molecule has 0 heterocycles. The summed E-state index contributed by atoms with van der Waals surface area (Å²) in [5.74, 6) is -0.00411. The van der Waals surface area contributed by atoms with E-state index in [0.717, 1.165) is 11.3 Å². The lowest BCUT2D eigenvalue weighted by Crippen LogP contribution is -2.17. The van der Waals surface area contributed by atoms with Crippen LogP contribution in [-0.4, -0.2) is 11.8 Å². The van der Waals surface area contributed by atoms with Crippen molar-refractivity contribution in [3.63, 3.8) is 0 Å². The standard InChI is InChI=1S/C18H24N2O2/c1-11(2)9-14-16(18(14,3)4)17(22)20-13-7-5-12(6-8-13)10-15(19)21/h5-9,14,16H,10H2,1-4H3,(H2,19,21)(H,20,22)/t14-,16+/m0/s1. The molecule has 3 N–H and O–H groups in total. The molecule has 0 bridgehead atoms. The van der Waals surface area contributed by atoms with Gasteiger partial charge in [-0.25, -0.2) is 0 Å². The summed E-state index contributed by atoms with van der Waals surface area (Å²) >= 11 is 0. The van der Waals surface area contributed by atoms with Gasteiger partial charge in [0.15, 0.2) is 0 Å². The number of carbonyl (C=O) groups is 2. The molecule has 0 radical (unpaired) electrons. The molecule has 0 aromatic heterocycles. The predicted octanol–water partition coefficient (Wildman–Crippen LogP) is 2.89. The molecular formula is C18H24N2O2. The summed E-state index contributed by atoms with van der Waals surface area (Å²) in [5.41, 5.74) is 8.00. The van der Waals surface area contributed by atoms with Crippen molar-refractivity contribution in [2.45, 2.75) is 34.1 Å². The summed E-state index contributed by atoms with van der Waals surface area (Å²) in [6.07, 6.45) is 2.40. The third-order valence-electron chi connectivity index (χ3n) is 4.31. The van der Waals surface area contributed by atoms with E-state index in [4.69, 9.17) is 5.73 Å². The SMILES string of the molecule is CC(C)=C[C@H]1[C@H](C(=O)Nc2ccc(CC(N)=O)cc2)C1(C)C. The number of rotatable bonds is 5. The normalized spacial score (nSPS) is 21.8. The Kier molecular flexibility index (Phi) is 4.40. The zero-order valence-electron chi connectivity index (χ0n) is 13.6. The average molecular weight is 300 g/mol. The quantitative estimate of drug-likeness (QED) is 0.821. The Morgan fingerprint density at radius 1 is 1.23 bits per heavy atom. The molecule has 0 unspecified atom stereocenters. The van der Waals surface area contributed by atoms with Crippen molar-refractivity contribution >= 4 is 17.5 Å². The van der Waals surface area contributed by atoms with E-state index in [1.807, 2.05) is 24.3 Å². The van der Waals surface area contributed by atoms with Gasteiger partial charge in [0.05, 0.1) is 12.3 Å². The number of nitrogens with two attached hydrogens (primary N) is 1. The fourth-order valence-electron chi connectivity index (χ4n) is 2.98. The lowest BCUT2D eigenvalue weighted by atomic mass is 10.1. The smallest absolute Gasteiger partial charge is 0.228 e. The van der Waals surface area contributed by atoms with Gasteiger partial charge in [0, 0.05) is 5.69 Å². The summed E-state index contributed by atoms with van der Waals surface area (Å²) in [6, 6.07) is 7.24. The number of hydrogen-bond acceptors (Lipinski definition) is 2. The highest BCUT2D eigenvalue weighted by molar-refractivity contribution is 5.95. The van der Waals surface area contributed by atoms with Crippen LogP contribution in [0.25, 0.3) is 0 Å². The summed E-state index contributed by atoms with van der Waals surface area (Å²) in [4.78, 5) is 23.3. The Morgan fingerprint density at radius 2 is 1.82 bits per heavy atom. The highest BCUT2D eigenvalue weighted by atomic mass is 16.2. The first-order chi connectivity index (χ1) is 10.2. The molecule has 4 heteroatoms. The maximum absolute atomic E-state index is 12.4. The lowest BCUT2D eigenvalue weighted by Gasteiger charge is -2.07. The lowest BCUT2D eigenvalue weighted by molar-refractivity contribution is -0.118. The molecule has 1 aromatic carbocycles. The predicted molar refractivity (Wildman–Crippen MR) is 88.2 cm³/mol. The first-order valence-electron chi connectivity index (χ1n) is 7.55. The van der Waals surface area contributed by atoms with Crippen LogP contribution in [0.1, 0.15) is 33.3 Å². The summed E-state index contributed by atoms with van der Waals surface area (Å²) in [6.45, 7) is 8.36. The van der Waals surface area contributed by atoms with Crippen molar-refractivity contribution in [2.75, 3.05) is 5.32 Å². The molecule has 118 valence electrons. The number of amides is 2. The van der Waals surface area contributed by atoms with Crippen molar-refractivity contribution in [2.24, 2.45) is 23.0 Å². The minimum atomic E-state index is -0.360. The van der Waals surface area contributed by atoms with Crippen LogP contribution in [0.2, 0.25) is 0 Å². The Bertz CT molecular complexity index is 610. The van der Waals surface area contributed by atoms with E-state index in [1.54, 1.807) is 0 Å². The Morgan fingerprint density at radius 3 is 2.32 bits per heavy atom. The van der Waals surface area contributed by atoms with E-state index in [2.05, 4.69) is 39.1 Å². The molecule has 0 saturated heterocycles. The second-order valence-corrected chi connectivity index (χ2v) is 6.90. The third kappa shape index (κ3) is 3.56. The summed E-state index contributed by atoms with van der Waals surface area (Å²) < 4.78 is 0. The molecule has 0 aliphatic heterocycles. The van der Waals surface area contributed by atoms with Gasteiger partial charge < -0.3 is 11.1 Å². The molecule has 22 heavy (non-hydrogen) atoms. The van der Waals surface area contributed by atoms with Gasteiger partial charge in [-0.15, -0.1) is 0 Å². The van der Waals surface area contributed by atoms with Gasteiger partial charge in [-0.05, 0) is 42.9 Å². The van der Waals surface area contributed by atoms with Crippen molar-refractivity contribution in [3.8, 4) is 0 Å². The van der Waals surface area contributed by atoms with Crippen LogP contribution in [-0.2, 0) is 16.0 Å². The Labute approximate surface area is 131 Å².